The van der Waals surface area contributed by atoms with Gasteiger partial charge in [-0.3, -0.25) is 19.4 Å². The molecule has 0 aromatic carbocycles. The van der Waals surface area contributed by atoms with Crippen molar-refractivity contribution in [1.29, 1.82) is 0 Å². The van der Waals surface area contributed by atoms with Gasteiger partial charge in [0, 0.05) is 12.7 Å². The maximum absolute atomic E-state index is 12.7. The number of Topliss-reactive ketones (excluding diaryl/α,β-unsaturated/α-hetero) is 2. The average Bonchev–Trinajstić information content (AvgIpc) is 2.70. The molecule has 3 heterocycles. The number of fused-ring (bicyclic) bond motifs is 1. The van der Waals surface area contributed by atoms with Crippen LogP contribution in [0, 0.1) is 0 Å². The molecule has 2 aromatic rings. The molecule has 1 aliphatic carbocycles. The Bertz CT molecular complexity index is 1160. The lowest BCUT2D eigenvalue weighted by molar-refractivity contribution is 0.0940. The largest absolute Gasteiger partial charge is 0.380 e. The third kappa shape index (κ3) is 2.97. The smallest absolute Gasteiger partial charge is 0.270 e. The lowest BCUT2D eigenvalue weighted by Gasteiger charge is -2.25. The third-order valence-electron chi connectivity index (χ3n) is 4.39. The molecule has 10 heteroatoms. The highest BCUT2D eigenvalue weighted by atomic mass is 32.2. The average molecular weight is 398 g/mol. The van der Waals surface area contributed by atoms with Crippen molar-refractivity contribution < 1.29 is 22.8 Å². The number of sulfone groups is 1. The second-order valence-corrected chi connectivity index (χ2v) is 8.25. The Hall–Kier alpha value is -3.40. The molecule has 0 saturated carbocycles. The van der Waals surface area contributed by atoms with E-state index < -0.39 is 32.2 Å². The van der Waals surface area contributed by atoms with Gasteiger partial charge in [-0.15, -0.1) is 0 Å². The predicted octanol–water partition coefficient (Wildman–Crippen LogP) is 0.0152. The third-order valence-corrected chi connectivity index (χ3v) is 6.14. The molecule has 4 rings (SSSR count). The van der Waals surface area contributed by atoms with Crippen LogP contribution in [0.5, 0.6) is 0 Å². The molecule has 2 aromatic heterocycles. The van der Waals surface area contributed by atoms with E-state index in [-0.39, 0.29) is 41.5 Å². The summed E-state index contributed by atoms with van der Waals surface area (Å²) in [5.74, 6) is -2.36. The fourth-order valence-electron chi connectivity index (χ4n) is 3.03. The van der Waals surface area contributed by atoms with Crippen molar-refractivity contribution in [2.24, 2.45) is 0 Å². The molecule has 0 spiro atoms. The summed E-state index contributed by atoms with van der Waals surface area (Å²) in [6.07, 6.45) is 1.59. The van der Waals surface area contributed by atoms with Gasteiger partial charge in [0.25, 0.3) is 5.91 Å². The molecule has 0 saturated heterocycles. The topological polar surface area (TPSA) is 135 Å². The van der Waals surface area contributed by atoms with Crippen molar-refractivity contribution >= 4 is 27.3 Å². The zero-order valence-electron chi connectivity index (χ0n) is 14.4. The highest BCUT2D eigenvalue weighted by molar-refractivity contribution is 7.96. The fourth-order valence-corrected chi connectivity index (χ4v) is 4.46. The van der Waals surface area contributed by atoms with Gasteiger partial charge in [-0.25, -0.2) is 13.4 Å². The van der Waals surface area contributed by atoms with E-state index in [0.717, 1.165) is 0 Å². The molecule has 1 amide bonds. The maximum atomic E-state index is 12.7. The molecule has 28 heavy (non-hydrogen) atoms. The highest BCUT2D eigenvalue weighted by Gasteiger charge is 2.42. The van der Waals surface area contributed by atoms with Crippen LogP contribution in [-0.4, -0.2) is 48.2 Å². The number of aromatic nitrogens is 2. The van der Waals surface area contributed by atoms with E-state index in [1.54, 1.807) is 24.4 Å². The van der Waals surface area contributed by atoms with Crippen molar-refractivity contribution in [1.82, 2.24) is 20.6 Å². The van der Waals surface area contributed by atoms with Gasteiger partial charge in [0.1, 0.15) is 22.0 Å². The number of nitrogens with zero attached hydrogens (tertiary/aromatic N) is 2. The first kappa shape index (κ1) is 18.0. The maximum Gasteiger partial charge on any atom is 0.270 e. The van der Waals surface area contributed by atoms with Crippen LogP contribution in [0.25, 0.3) is 0 Å². The van der Waals surface area contributed by atoms with Gasteiger partial charge in [0.15, 0.2) is 9.84 Å². The quantitative estimate of drug-likeness (QED) is 0.738. The number of carbonyl (C=O) groups is 3. The van der Waals surface area contributed by atoms with Crippen LogP contribution in [0.4, 0.5) is 0 Å². The first-order valence-electron chi connectivity index (χ1n) is 8.38. The summed E-state index contributed by atoms with van der Waals surface area (Å²) in [5.41, 5.74) is -0.0516. The zero-order valence-corrected chi connectivity index (χ0v) is 15.2. The van der Waals surface area contributed by atoms with Gasteiger partial charge in [0.05, 0.1) is 23.6 Å². The van der Waals surface area contributed by atoms with E-state index in [0.29, 0.717) is 5.69 Å². The second kappa shape index (κ2) is 6.64. The standard InChI is InChI=1S/C18H14N4O5S/c23-15-11-4-5-12(18(25)21-9-10-3-1-2-6-19-10)22-13(11)16(24)17-14(15)20-7-8-28(17,26)27/h1-6,20H,7-9H2,(H,21,25). The van der Waals surface area contributed by atoms with E-state index >= 15 is 0 Å². The van der Waals surface area contributed by atoms with Crippen LogP contribution in [0.1, 0.15) is 37.0 Å². The summed E-state index contributed by atoms with van der Waals surface area (Å²) < 4.78 is 24.6. The van der Waals surface area contributed by atoms with Crippen molar-refractivity contribution in [2.45, 2.75) is 6.54 Å². The molecule has 0 fully saturated rings. The molecular formula is C18H14N4O5S. The molecule has 0 radical (unpaired) electrons. The van der Waals surface area contributed by atoms with Gasteiger partial charge < -0.3 is 10.6 Å². The molecule has 142 valence electrons. The number of allylic oxidation sites excluding steroid dienone is 2. The number of pyridine rings is 2. The Morgan fingerprint density at radius 1 is 1.14 bits per heavy atom. The fraction of sp³-hybridized carbons (Fsp3) is 0.167. The van der Waals surface area contributed by atoms with Gasteiger partial charge in [-0.1, -0.05) is 6.07 Å². The van der Waals surface area contributed by atoms with Crippen LogP contribution in [-0.2, 0) is 16.4 Å². The van der Waals surface area contributed by atoms with E-state index in [4.69, 9.17) is 0 Å². The van der Waals surface area contributed by atoms with Crippen LogP contribution in [0.3, 0.4) is 0 Å². The molecule has 0 atom stereocenters. The molecule has 1 aliphatic heterocycles. The van der Waals surface area contributed by atoms with Gasteiger partial charge in [-0.05, 0) is 24.3 Å². The molecule has 0 unspecified atom stereocenters. The first-order valence-corrected chi connectivity index (χ1v) is 10.0. The number of hydrogen-bond donors (Lipinski definition) is 2. The number of rotatable bonds is 3. The minimum Gasteiger partial charge on any atom is -0.380 e. The first-order chi connectivity index (χ1) is 13.4. The Morgan fingerprint density at radius 3 is 2.71 bits per heavy atom. The minimum absolute atomic E-state index is 0.0328. The van der Waals surface area contributed by atoms with E-state index in [1.165, 1.54) is 12.1 Å². The molecule has 2 aliphatic rings. The van der Waals surface area contributed by atoms with Crippen molar-refractivity contribution in [2.75, 3.05) is 12.3 Å². The summed E-state index contributed by atoms with van der Waals surface area (Å²) in [6, 6.07) is 7.89. The van der Waals surface area contributed by atoms with E-state index in [1.807, 2.05) is 0 Å². The normalized spacial score (nSPS) is 17.4. The molecule has 0 bridgehead atoms. The summed E-state index contributed by atoms with van der Waals surface area (Å²) in [7, 11) is -3.89. The lowest BCUT2D eigenvalue weighted by atomic mass is 9.96. The van der Waals surface area contributed by atoms with E-state index in [2.05, 4.69) is 20.6 Å². The van der Waals surface area contributed by atoms with Crippen molar-refractivity contribution in [3.63, 3.8) is 0 Å². The second-order valence-electron chi connectivity index (χ2n) is 6.20. The van der Waals surface area contributed by atoms with Gasteiger partial charge in [0.2, 0.25) is 11.6 Å². The van der Waals surface area contributed by atoms with E-state index in [9.17, 15) is 22.8 Å². The van der Waals surface area contributed by atoms with Crippen LogP contribution >= 0.6 is 0 Å². The number of ketones is 2. The Morgan fingerprint density at radius 2 is 1.96 bits per heavy atom. The summed E-state index contributed by atoms with van der Waals surface area (Å²) >= 11 is 0. The highest BCUT2D eigenvalue weighted by Crippen LogP contribution is 2.29. The zero-order chi connectivity index (χ0) is 19.9. The van der Waals surface area contributed by atoms with Crippen LogP contribution in [0.2, 0.25) is 0 Å². The van der Waals surface area contributed by atoms with Gasteiger partial charge in [-0.2, -0.15) is 0 Å². The number of carbonyl (C=O) groups excluding carboxylic acids is 3. The van der Waals surface area contributed by atoms with Crippen LogP contribution in [0.15, 0.2) is 47.1 Å². The SMILES string of the molecule is O=C(NCc1ccccn1)c1ccc2c(n1)C(=O)C1=C(NCCS1(=O)=O)C2=O. The minimum atomic E-state index is -3.89. The lowest BCUT2D eigenvalue weighted by Crippen LogP contribution is -2.41. The van der Waals surface area contributed by atoms with Crippen molar-refractivity contribution in [3.05, 3.63) is 69.8 Å². The summed E-state index contributed by atoms with van der Waals surface area (Å²) in [5, 5.41) is 5.31. The van der Waals surface area contributed by atoms with Gasteiger partial charge >= 0.3 is 0 Å². The molecule has 9 nitrogen and oxygen atoms in total. The number of hydrogen-bond acceptors (Lipinski definition) is 8. The summed E-state index contributed by atoms with van der Waals surface area (Å²) in [4.78, 5) is 45.2. The predicted molar refractivity (Wildman–Crippen MR) is 97.1 cm³/mol. The Balaban J connectivity index is 1.65. The Labute approximate surface area is 159 Å². The molecule has 2 N–H and O–H groups in total. The molecular weight excluding hydrogens is 384 g/mol. The monoisotopic (exact) mass is 398 g/mol. The van der Waals surface area contributed by atoms with Crippen LogP contribution < -0.4 is 10.6 Å². The Kier molecular flexibility index (Phi) is 4.27. The summed E-state index contributed by atoms with van der Waals surface area (Å²) in [6.45, 7) is 0.204. The van der Waals surface area contributed by atoms with Crippen molar-refractivity contribution in [3.8, 4) is 0 Å². The number of nitrogens with one attached hydrogen (secondary N) is 2. The number of amides is 1.